The predicted molar refractivity (Wildman–Crippen MR) is 88.5 cm³/mol. The molecule has 6 heteroatoms. The average molecular weight is 419 g/mol. The van der Waals surface area contributed by atoms with E-state index in [0.29, 0.717) is 16.9 Å². The zero-order valence-corrected chi connectivity index (χ0v) is 14.2. The summed E-state index contributed by atoms with van der Waals surface area (Å²) in [6.45, 7) is 0.0997. The molecule has 104 valence electrons. The van der Waals surface area contributed by atoms with Crippen molar-refractivity contribution in [2.45, 2.75) is 6.61 Å². The molecular formula is C14H10Br2FNOS. The second-order valence-corrected chi connectivity index (χ2v) is 6.30. The van der Waals surface area contributed by atoms with Gasteiger partial charge in [-0.15, -0.1) is 0 Å². The smallest absolute Gasteiger partial charge is 0.130 e. The molecule has 0 saturated carbocycles. The number of hydrogen-bond donors (Lipinski definition) is 1. The fourth-order valence-corrected chi connectivity index (χ4v) is 2.56. The second kappa shape index (κ2) is 6.65. The lowest BCUT2D eigenvalue weighted by molar-refractivity contribution is 0.299. The van der Waals surface area contributed by atoms with E-state index in [1.165, 1.54) is 6.07 Å². The van der Waals surface area contributed by atoms with Crippen LogP contribution in [0, 0.1) is 5.82 Å². The Kier molecular flexibility index (Phi) is 5.12. The number of thiocarbonyl (C=S) groups is 1. The SMILES string of the molecule is NC(=S)c1cc(Br)ccc1OCc1cc(Br)ccc1F. The maximum absolute atomic E-state index is 13.6. The highest BCUT2D eigenvalue weighted by molar-refractivity contribution is 9.10. The molecule has 0 aromatic heterocycles. The van der Waals surface area contributed by atoms with Crippen LogP contribution < -0.4 is 10.5 Å². The van der Waals surface area contributed by atoms with Crippen LogP contribution in [0.15, 0.2) is 45.3 Å². The number of nitrogens with two attached hydrogens (primary N) is 1. The van der Waals surface area contributed by atoms with Gasteiger partial charge in [-0.25, -0.2) is 4.39 Å². The molecule has 0 aliphatic heterocycles. The highest BCUT2D eigenvalue weighted by Crippen LogP contribution is 2.25. The molecule has 0 atom stereocenters. The Morgan fingerprint density at radius 3 is 2.50 bits per heavy atom. The molecule has 0 unspecified atom stereocenters. The molecule has 0 heterocycles. The quantitative estimate of drug-likeness (QED) is 0.739. The molecule has 2 aromatic carbocycles. The Morgan fingerprint density at radius 2 is 1.80 bits per heavy atom. The molecule has 2 aromatic rings. The lowest BCUT2D eigenvalue weighted by Crippen LogP contribution is -2.12. The molecule has 2 N–H and O–H groups in total. The average Bonchev–Trinajstić information content (AvgIpc) is 2.40. The maximum Gasteiger partial charge on any atom is 0.130 e. The third-order valence-corrected chi connectivity index (χ3v) is 3.80. The predicted octanol–water partition coefficient (Wildman–Crippen LogP) is 4.56. The van der Waals surface area contributed by atoms with Crippen molar-refractivity contribution in [2.75, 3.05) is 0 Å². The Morgan fingerprint density at radius 1 is 1.15 bits per heavy atom. The summed E-state index contributed by atoms with van der Waals surface area (Å²) in [6.07, 6.45) is 0. The van der Waals surface area contributed by atoms with Crippen molar-refractivity contribution in [2.24, 2.45) is 5.73 Å². The van der Waals surface area contributed by atoms with E-state index in [1.54, 1.807) is 24.3 Å². The van der Waals surface area contributed by atoms with Gasteiger partial charge in [0, 0.05) is 14.5 Å². The van der Waals surface area contributed by atoms with Gasteiger partial charge in [0.25, 0.3) is 0 Å². The number of benzene rings is 2. The van der Waals surface area contributed by atoms with Crippen LogP contribution in [0.25, 0.3) is 0 Å². The van der Waals surface area contributed by atoms with Crippen molar-refractivity contribution in [3.8, 4) is 5.75 Å². The van der Waals surface area contributed by atoms with E-state index in [0.717, 1.165) is 8.95 Å². The van der Waals surface area contributed by atoms with Crippen molar-refractivity contribution in [3.63, 3.8) is 0 Å². The standard InChI is InChI=1S/C14H10Br2FNOS/c15-9-1-3-12(17)8(5-9)7-19-13-4-2-10(16)6-11(13)14(18)20/h1-6H,7H2,(H2,18,20). The second-order valence-electron chi connectivity index (χ2n) is 4.03. The lowest BCUT2D eigenvalue weighted by atomic mass is 10.2. The summed E-state index contributed by atoms with van der Waals surface area (Å²) < 4.78 is 20.9. The highest BCUT2D eigenvalue weighted by Gasteiger charge is 2.09. The molecule has 0 saturated heterocycles. The first kappa shape index (κ1) is 15.4. The summed E-state index contributed by atoms with van der Waals surface area (Å²) in [6, 6.07) is 10.0. The van der Waals surface area contributed by atoms with E-state index < -0.39 is 0 Å². The topological polar surface area (TPSA) is 35.2 Å². The van der Waals surface area contributed by atoms with Gasteiger partial charge in [-0.05, 0) is 36.4 Å². The van der Waals surface area contributed by atoms with E-state index >= 15 is 0 Å². The molecule has 0 spiro atoms. The van der Waals surface area contributed by atoms with Crippen molar-refractivity contribution < 1.29 is 9.13 Å². The van der Waals surface area contributed by atoms with Gasteiger partial charge in [0.15, 0.2) is 0 Å². The number of hydrogen-bond acceptors (Lipinski definition) is 2. The highest BCUT2D eigenvalue weighted by atomic mass is 79.9. The molecule has 2 rings (SSSR count). The lowest BCUT2D eigenvalue weighted by Gasteiger charge is -2.12. The van der Waals surface area contributed by atoms with Gasteiger partial charge in [0.05, 0.1) is 5.56 Å². The fourth-order valence-electron chi connectivity index (χ4n) is 1.63. The van der Waals surface area contributed by atoms with E-state index in [-0.39, 0.29) is 17.4 Å². The Balaban J connectivity index is 2.23. The van der Waals surface area contributed by atoms with Gasteiger partial charge in [0.2, 0.25) is 0 Å². The monoisotopic (exact) mass is 417 g/mol. The molecule has 0 fully saturated rings. The van der Waals surface area contributed by atoms with Crippen LogP contribution in [0.2, 0.25) is 0 Å². The molecule has 0 radical (unpaired) electrons. The Bertz CT molecular complexity index is 664. The number of ether oxygens (including phenoxy) is 1. The van der Waals surface area contributed by atoms with Crippen LogP contribution in [0.5, 0.6) is 5.75 Å². The summed E-state index contributed by atoms with van der Waals surface area (Å²) in [5, 5.41) is 0. The molecule has 0 amide bonds. The van der Waals surface area contributed by atoms with Crippen LogP contribution in [0.3, 0.4) is 0 Å². The van der Waals surface area contributed by atoms with Crippen LogP contribution in [0.1, 0.15) is 11.1 Å². The Labute approximate surface area is 138 Å². The van der Waals surface area contributed by atoms with E-state index in [9.17, 15) is 4.39 Å². The van der Waals surface area contributed by atoms with Gasteiger partial charge >= 0.3 is 0 Å². The largest absolute Gasteiger partial charge is 0.488 e. The van der Waals surface area contributed by atoms with Crippen molar-refractivity contribution in [1.82, 2.24) is 0 Å². The van der Waals surface area contributed by atoms with Gasteiger partial charge in [0.1, 0.15) is 23.2 Å². The first-order valence-corrected chi connectivity index (χ1v) is 7.63. The first-order valence-electron chi connectivity index (χ1n) is 5.63. The van der Waals surface area contributed by atoms with Crippen LogP contribution in [-0.4, -0.2) is 4.99 Å². The first-order chi connectivity index (χ1) is 9.47. The number of halogens is 3. The van der Waals surface area contributed by atoms with Gasteiger partial charge < -0.3 is 10.5 Å². The molecule has 0 aliphatic rings. The van der Waals surface area contributed by atoms with E-state index in [1.807, 2.05) is 6.07 Å². The zero-order chi connectivity index (χ0) is 14.7. The van der Waals surface area contributed by atoms with Gasteiger partial charge in [-0.1, -0.05) is 44.1 Å². The molecular weight excluding hydrogens is 409 g/mol. The summed E-state index contributed by atoms with van der Waals surface area (Å²) in [7, 11) is 0. The number of rotatable bonds is 4. The summed E-state index contributed by atoms with van der Waals surface area (Å²) >= 11 is 11.6. The molecule has 20 heavy (non-hydrogen) atoms. The van der Waals surface area contributed by atoms with E-state index in [2.05, 4.69) is 31.9 Å². The summed E-state index contributed by atoms with van der Waals surface area (Å²) in [4.78, 5) is 0.232. The maximum atomic E-state index is 13.6. The van der Waals surface area contributed by atoms with E-state index in [4.69, 9.17) is 22.7 Å². The third kappa shape index (κ3) is 3.77. The fraction of sp³-hybridized carbons (Fsp3) is 0.0714. The molecule has 0 bridgehead atoms. The van der Waals surface area contributed by atoms with Crippen LogP contribution in [0.4, 0.5) is 4.39 Å². The normalized spacial score (nSPS) is 10.3. The van der Waals surface area contributed by atoms with Crippen molar-refractivity contribution >= 4 is 49.1 Å². The minimum absolute atomic E-state index is 0.0997. The summed E-state index contributed by atoms with van der Waals surface area (Å²) in [5.74, 6) is 0.210. The molecule has 0 aliphatic carbocycles. The third-order valence-electron chi connectivity index (χ3n) is 2.60. The minimum atomic E-state index is -0.317. The zero-order valence-electron chi connectivity index (χ0n) is 10.2. The van der Waals surface area contributed by atoms with Crippen LogP contribution in [-0.2, 0) is 6.61 Å². The van der Waals surface area contributed by atoms with Crippen LogP contribution >= 0.6 is 44.1 Å². The van der Waals surface area contributed by atoms with Crippen molar-refractivity contribution in [1.29, 1.82) is 0 Å². The minimum Gasteiger partial charge on any atom is -0.488 e. The molecule has 2 nitrogen and oxygen atoms in total. The van der Waals surface area contributed by atoms with Crippen molar-refractivity contribution in [3.05, 3.63) is 62.3 Å². The van der Waals surface area contributed by atoms with Gasteiger partial charge in [-0.3, -0.25) is 0 Å². The Hall–Kier alpha value is -0.980. The summed E-state index contributed by atoms with van der Waals surface area (Å²) in [5.41, 5.74) is 6.73. The van der Waals surface area contributed by atoms with Gasteiger partial charge in [-0.2, -0.15) is 0 Å².